The molecule has 0 bridgehead atoms. The van der Waals surface area contributed by atoms with Gasteiger partial charge >= 0.3 is 0 Å². The standard InChI is InChI=1S/C14H17Cl2N/c15-12-2-1-8(3-13(12)16)4-14(17)11-6-9-5-10(9)7-11/h1-3,9-11,14H,4-7,17H2. The summed E-state index contributed by atoms with van der Waals surface area (Å²) in [6, 6.07) is 6.11. The summed E-state index contributed by atoms with van der Waals surface area (Å²) in [6.45, 7) is 0. The van der Waals surface area contributed by atoms with E-state index in [4.69, 9.17) is 28.9 Å². The average Bonchev–Trinajstić information content (AvgIpc) is 2.91. The van der Waals surface area contributed by atoms with Gasteiger partial charge in [-0.3, -0.25) is 0 Å². The summed E-state index contributed by atoms with van der Waals surface area (Å²) in [4.78, 5) is 0. The molecular formula is C14H17Cl2N. The summed E-state index contributed by atoms with van der Waals surface area (Å²) in [6.07, 6.45) is 5.05. The quantitative estimate of drug-likeness (QED) is 0.885. The molecule has 92 valence electrons. The van der Waals surface area contributed by atoms with Crippen molar-refractivity contribution in [2.75, 3.05) is 0 Å². The van der Waals surface area contributed by atoms with Crippen LogP contribution in [0.4, 0.5) is 0 Å². The van der Waals surface area contributed by atoms with E-state index in [9.17, 15) is 0 Å². The zero-order chi connectivity index (χ0) is 12.0. The fourth-order valence-electron chi connectivity index (χ4n) is 3.22. The molecule has 2 aliphatic rings. The second-order valence-electron chi connectivity index (χ2n) is 5.60. The van der Waals surface area contributed by atoms with Crippen molar-refractivity contribution in [1.82, 2.24) is 0 Å². The van der Waals surface area contributed by atoms with Crippen molar-refractivity contribution in [1.29, 1.82) is 0 Å². The first-order valence-electron chi connectivity index (χ1n) is 6.33. The van der Waals surface area contributed by atoms with Gasteiger partial charge in [-0.05, 0) is 61.1 Å². The third-order valence-corrected chi connectivity index (χ3v) is 5.08. The molecule has 0 saturated heterocycles. The van der Waals surface area contributed by atoms with Gasteiger partial charge in [0.25, 0.3) is 0 Å². The van der Waals surface area contributed by atoms with Crippen molar-refractivity contribution in [3.8, 4) is 0 Å². The maximum atomic E-state index is 6.31. The van der Waals surface area contributed by atoms with E-state index in [2.05, 4.69) is 0 Å². The Labute approximate surface area is 112 Å². The van der Waals surface area contributed by atoms with Gasteiger partial charge in [-0.1, -0.05) is 29.3 Å². The highest BCUT2D eigenvalue weighted by Gasteiger charge is 2.47. The largest absolute Gasteiger partial charge is 0.327 e. The Morgan fingerprint density at radius 1 is 1.12 bits per heavy atom. The van der Waals surface area contributed by atoms with Gasteiger partial charge in [-0.25, -0.2) is 0 Å². The number of fused-ring (bicyclic) bond motifs is 1. The Hall–Kier alpha value is -0.240. The van der Waals surface area contributed by atoms with Crippen LogP contribution >= 0.6 is 23.2 Å². The molecule has 1 nitrogen and oxygen atoms in total. The molecule has 0 amide bonds. The Morgan fingerprint density at radius 3 is 2.47 bits per heavy atom. The molecule has 0 spiro atoms. The molecule has 0 aliphatic heterocycles. The van der Waals surface area contributed by atoms with Gasteiger partial charge in [-0.2, -0.15) is 0 Å². The summed E-state index contributed by atoms with van der Waals surface area (Å²) < 4.78 is 0. The highest BCUT2D eigenvalue weighted by Crippen LogP contribution is 2.55. The van der Waals surface area contributed by atoms with E-state index < -0.39 is 0 Å². The molecule has 0 radical (unpaired) electrons. The van der Waals surface area contributed by atoms with Gasteiger partial charge in [0.05, 0.1) is 10.0 Å². The molecule has 3 atom stereocenters. The van der Waals surface area contributed by atoms with Crippen LogP contribution in [0, 0.1) is 17.8 Å². The van der Waals surface area contributed by atoms with Gasteiger partial charge < -0.3 is 5.73 Å². The molecule has 0 aromatic heterocycles. The lowest BCUT2D eigenvalue weighted by atomic mass is 9.90. The van der Waals surface area contributed by atoms with Crippen LogP contribution in [0.3, 0.4) is 0 Å². The van der Waals surface area contributed by atoms with Crippen LogP contribution in [-0.2, 0) is 6.42 Å². The zero-order valence-electron chi connectivity index (χ0n) is 9.70. The van der Waals surface area contributed by atoms with Crippen LogP contribution in [0.2, 0.25) is 10.0 Å². The van der Waals surface area contributed by atoms with E-state index in [0.29, 0.717) is 16.0 Å². The molecule has 2 fully saturated rings. The van der Waals surface area contributed by atoms with Gasteiger partial charge in [0.1, 0.15) is 0 Å². The first kappa shape index (κ1) is 11.8. The van der Waals surface area contributed by atoms with Crippen LogP contribution in [0.25, 0.3) is 0 Å². The molecule has 0 heterocycles. The van der Waals surface area contributed by atoms with Gasteiger partial charge in [0.15, 0.2) is 0 Å². The van der Waals surface area contributed by atoms with E-state index in [1.54, 1.807) is 0 Å². The normalized spacial score (nSPS) is 32.3. The smallest absolute Gasteiger partial charge is 0.0595 e. The van der Waals surface area contributed by atoms with E-state index >= 15 is 0 Å². The van der Waals surface area contributed by atoms with Crippen molar-refractivity contribution in [2.45, 2.75) is 31.7 Å². The highest BCUT2D eigenvalue weighted by atomic mass is 35.5. The van der Waals surface area contributed by atoms with Crippen molar-refractivity contribution < 1.29 is 0 Å². The number of hydrogen-bond donors (Lipinski definition) is 1. The highest BCUT2D eigenvalue weighted by molar-refractivity contribution is 6.42. The summed E-state index contributed by atoms with van der Waals surface area (Å²) in [5.41, 5.74) is 7.51. The van der Waals surface area contributed by atoms with Crippen molar-refractivity contribution in [2.24, 2.45) is 23.5 Å². The zero-order valence-corrected chi connectivity index (χ0v) is 11.2. The van der Waals surface area contributed by atoms with Crippen LogP contribution < -0.4 is 5.73 Å². The summed E-state index contributed by atoms with van der Waals surface area (Å²) in [5.74, 6) is 2.72. The third-order valence-electron chi connectivity index (χ3n) is 4.34. The lowest BCUT2D eigenvalue weighted by Gasteiger charge is -2.20. The van der Waals surface area contributed by atoms with Gasteiger partial charge in [-0.15, -0.1) is 0 Å². The number of rotatable bonds is 3. The first-order chi connectivity index (χ1) is 8.13. The lowest BCUT2D eigenvalue weighted by molar-refractivity contribution is 0.392. The van der Waals surface area contributed by atoms with E-state index in [1.807, 2.05) is 18.2 Å². The summed E-state index contributed by atoms with van der Waals surface area (Å²) in [7, 11) is 0. The number of benzene rings is 1. The monoisotopic (exact) mass is 269 g/mol. The molecule has 1 aromatic carbocycles. The topological polar surface area (TPSA) is 26.0 Å². The van der Waals surface area contributed by atoms with Gasteiger partial charge in [0.2, 0.25) is 0 Å². The maximum absolute atomic E-state index is 6.31. The minimum Gasteiger partial charge on any atom is -0.327 e. The van der Waals surface area contributed by atoms with E-state index in [-0.39, 0.29) is 6.04 Å². The average molecular weight is 270 g/mol. The van der Waals surface area contributed by atoms with Crippen LogP contribution in [0.1, 0.15) is 24.8 Å². The molecule has 17 heavy (non-hydrogen) atoms. The third kappa shape index (κ3) is 2.47. The van der Waals surface area contributed by atoms with Gasteiger partial charge in [0, 0.05) is 6.04 Å². The molecule has 2 saturated carbocycles. The Morgan fingerprint density at radius 2 is 1.82 bits per heavy atom. The van der Waals surface area contributed by atoms with E-state index in [1.165, 1.54) is 24.8 Å². The summed E-state index contributed by atoms with van der Waals surface area (Å²) in [5, 5.41) is 1.25. The second kappa shape index (κ2) is 4.46. The first-order valence-corrected chi connectivity index (χ1v) is 7.08. The fraction of sp³-hybridized carbons (Fsp3) is 0.571. The van der Waals surface area contributed by atoms with Crippen molar-refractivity contribution in [3.05, 3.63) is 33.8 Å². The predicted octanol–water partition coefficient (Wildman–Crippen LogP) is 3.91. The van der Waals surface area contributed by atoms with Crippen LogP contribution in [-0.4, -0.2) is 6.04 Å². The van der Waals surface area contributed by atoms with Crippen LogP contribution in [0.5, 0.6) is 0 Å². The van der Waals surface area contributed by atoms with Crippen LogP contribution in [0.15, 0.2) is 18.2 Å². The molecule has 2 aliphatic carbocycles. The predicted molar refractivity (Wildman–Crippen MR) is 72.5 cm³/mol. The second-order valence-corrected chi connectivity index (χ2v) is 6.42. The number of hydrogen-bond acceptors (Lipinski definition) is 1. The number of halogens is 2. The minimum atomic E-state index is 0.278. The molecule has 1 aromatic rings. The molecule has 3 heteroatoms. The molecular weight excluding hydrogens is 253 g/mol. The fourth-order valence-corrected chi connectivity index (χ4v) is 3.54. The lowest BCUT2D eigenvalue weighted by Crippen LogP contribution is -2.31. The SMILES string of the molecule is NC(Cc1ccc(Cl)c(Cl)c1)C1CC2CC2C1. The Bertz CT molecular complexity index is 422. The maximum Gasteiger partial charge on any atom is 0.0595 e. The molecule has 3 unspecified atom stereocenters. The number of nitrogens with two attached hydrogens (primary N) is 1. The summed E-state index contributed by atoms with van der Waals surface area (Å²) >= 11 is 11.9. The van der Waals surface area contributed by atoms with Crippen molar-refractivity contribution in [3.63, 3.8) is 0 Å². The molecule has 2 N–H and O–H groups in total. The molecule has 3 rings (SSSR count). The van der Waals surface area contributed by atoms with E-state index in [0.717, 1.165) is 18.3 Å². The minimum absolute atomic E-state index is 0.278. The Balaban J connectivity index is 1.63. The Kier molecular flexibility index (Phi) is 3.10. The van der Waals surface area contributed by atoms with Crippen molar-refractivity contribution >= 4 is 23.2 Å².